The minimum atomic E-state index is 0.266. The van der Waals surface area contributed by atoms with E-state index < -0.39 is 0 Å². The summed E-state index contributed by atoms with van der Waals surface area (Å²) in [6.45, 7) is 2.62. The summed E-state index contributed by atoms with van der Waals surface area (Å²) in [4.78, 5) is 2.47. The van der Waals surface area contributed by atoms with Gasteiger partial charge in [0.1, 0.15) is 5.75 Å². The molecule has 2 bridgehead atoms. The Kier molecular flexibility index (Phi) is 3.73. The highest BCUT2D eigenvalue weighted by Gasteiger charge is 2.36. The highest BCUT2D eigenvalue weighted by Crippen LogP contribution is 2.32. The third-order valence-electron chi connectivity index (χ3n) is 4.21. The van der Waals surface area contributed by atoms with Gasteiger partial charge in [-0.05, 0) is 30.5 Å². The normalized spacial score (nSPS) is 28.3. The molecule has 19 heavy (non-hydrogen) atoms. The van der Waals surface area contributed by atoms with E-state index in [0.29, 0.717) is 18.8 Å². The van der Waals surface area contributed by atoms with Crippen molar-refractivity contribution in [3.05, 3.63) is 29.8 Å². The number of fused-ring (bicyclic) bond motifs is 2. The number of ether oxygens (including phenoxy) is 2. The highest BCUT2D eigenvalue weighted by atomic mass is 16.5. The Bertz CT molecular complexity index is 426. The number of rotatable bonds is 4. The van der Waals surface area contributed by atoms with Crippen molar-refractivity contribution < 1.29 is 9.47 Å². The Balaban J connectivity index is 1.79. The van der Waals surface area contributed by atoms with Crippen molar-refractivity contribution in [2.75, 3.05) is 26.7 Å². The predicted octanol–water partition coefficient (Wildman–Crippen LogP) is 1.56. The van der Waals surface area contributed by atoms with Crippen molar-refractivity contribution in [3.8, 4) is 5.75 Å². The van der Waals surface area contributed by atoms with Gasteiger partial charge in [0.25, 0.3) is 0 Å². The number of benzene rings is 1. The number of methoxy groups -OCH3 is 1. The molecule has 2 aliphatic heterocycles. The molecule has 0 spiro atoms. The van der Waals surface area contributed by atoms with E-state index in [9.17, 15) is 0 Å². The van der Waals surface area contributed by atoms with Gasteiger partial charge in [-0.1, -0.05) is 12.1 Å². The number of likely N-dealkylation sites (tertiary alicyclic amines) is 1. The van der Waals surface area contributed by atoms with Crippen LogP contribution >= 0.6 is 0 Å². The minimum Gasteiger partial charge on any atom is -0.497 e. The molecule has 104 valence electrons. The predicted molar refractivity (Wildman–Crippen MR) is 74.3 cm³/mol. The monoisotopic (exact) mass is 262 g/mol. The third-order valence-corrected chi connectivity index (χ3v) is 4.21. The zero-order chi connectivity index (χ0) is 13.2. The summed E-state index contributed by atoms with van der Waals surface area (Å²) in [6, 6.07) is 8.50. The molecule has 3 atom stereocenters. The van der Waals surface area contributed by atoms with E-state index in [-0.39, 0.29) is 6.04 Å². The van der Waals surface area contributed by atoms with Crippen LogP contribution in [0.4, 0.5) is 0 Å². The van der Waals surface area contributed by atoms with E-state index in [0.717, 1.165) is 18.8 Å². The summed E-state index contributed by atoms with van der Waals surface area (Å²) in [5, 5.41) is 0. The van der Waals surface area contributed by atoms with Crippen LogP contribution in [0.2, 0.25) is 0 Å². The molecule has 2 aliphatic rings. The molecular formula is C15H22N2O2. The quantitative estimate of drug-likeness (QED) is 0.894. The molecule has 2 fully saturated rings. The van der Waals surface area contributed by atoms with E-state index in [4.69, 9.17) is 15.2 Å². The van der Waals surface area contributed by atoms with Crippen molar-refractivity contribution in [2.24, 2.45) is 5.73 Å². The van der Waals surface area contributed by atoms with Gasteiger partial charge in [0.15, 0.2) is 0 Å². The van der Waals surface area contributed by atoms with Gasteiger partial charge in [0.05, 0.1) is 19.3 Å². The highest BCUT2D eigenvalue weighted by molar-refractivity contribution is 5.31. The molecule has 4 nitrogen and oxygen atoms in total. The number of hydrogen-bond acceptors (Lipinski definition) is 4. The van der Waals surface area contributed by atoms with Gasteiger partial charge in [-0.15, -0.1) is 0 Å². The molecule has 0 aliphatic carbocycles. The molecule has 0 aromatic heterocycles. The molecule has 0 amide bonds. The Morgan fingerprint density at radius 2 is 2.11 bits per heavy atom. The van der Waals surface area contributed by atoms with E-state index >= 15 is 0 Å². The van der Waals surface area contributed by atoms with E-state index in [1.807, 2.05) is 12.1 Å². The van der Waals surface area contributed by atoms with Crippen LogP contribution in [0, 0.1) is 0 Å². The van der Waals surface area contributed by atoms with E-state index in [1.54, 1.807) is 7.11 Å². The molecule has 2 N–H and O–H groups in total. The maximum absolute atomic E-state index is 6.02. The average Bonchev–Trinajstić information content (AvgIpc) is 2.79. The second-order valence-corrected chi connectivity index (χ2v) is 5.44. The lowest BCUT2D eigenvalue weighted by Gasteiger charge is -2.37. The van der Waals surface area contributed by atoms with Crippen molar-refractivity contribution in [1.82, 2.24) is 4.90 Å². The Morgan fingerprint density at radius 3 is 2.74 bits per heavy atom. The topological polar surface area (TPSA) is 47.7 Å². The van der Waals surface area contributed by atoms with Crippen LogP contribution in [0.1, 0.15) is 24.4 Å². The smallest absolute Gasteiger partial charge is 0.119 e. The summed E-state index contributed by atoms with van der Waals surface area (Å²) >= 11 is 0. The second kappa shape index (κ2) is 5.49. The van der Waals surface area contributed by atoms with Crippen molar-refractivity contribution >= 4 is 0 Å². The maximum Gasteiger partial charge on any atom is 0.119 e. The molecule has 2 saturated heterocycles. The number of nitrogens with two attached hydrogens (primary N) is 1. The third kappa shape index (κ3) is 2.61. The summed E-state index contributed by atoms with van der Waals surface area (Å²) in [5.74, 6) is 0.896. The van der Waals surface area contributed by atoms with Gasteiger partial charge in [-0.2, -0.15) is 0 Å². The van der Waals surface area contributed by atoms with Crippen LogP contribution in [-0.2, 0) is 4.74 Å². The first-order valence-corrected chi connectivity index (χ1v) is 7.03. The lowest BCUT2D eigenvalue weighted by atomic mass is 10.0. The van der Waals surface area contributed by atoms with Crippen LogP contribution < -0.4 is 10.5 Å². The Hall–Kier alpha value is -1.10. The molecule has 3 unspecified atom stereocenters. The summed E-state index contributed by atoms with van der Waals surface area (Å²) in [7, 11) is 1.70. The largest absolute Gasteiger partial charge is 0.497 e. The van der Waals surface area contributed by atoms with Crippen molar-refractivity contribution in [2.45, 2.75) is 31.1 Å². The fraction of sp³-hybridized carbons (Fsp3) is 0.600. The van der Waals surface area contributed by atoms with Crippen molar-refractivity contribution in [1.29, 1.82) is 0 Å². The van der Waals surface area contributed by atoms with Gasteiger partial charge >= 0.3 is 0 Å². The molecule has 4 heteroatoms. The fourth-order valence-corrected chi connectivity index (χ4v) is 3.25. The summed E-state index contributed by atoms with van der Waals surface area (Å²) < 4.78 is 11.2. The van der Waals surface area contributed by atoms with Crippen LogP contribution in [-0.4, -0.2) is 43.9 Å². The fourth-order valence-electron chi connectivity index (χ4n) is 3.25. The lowest BCUT2D eigenvalue weighted by Crippen LogP contribution is -2.46. The standard InChI is InChI=1S/C15H22N2O2/c1-18-12-4-2-3-11(7-12)15(8-16)17-9-13-5-6-14(10-17)19-13/h2-4,7,13-15H,5-6,8-10,16H2,1H3. The van der Waals surface area contributed by atoms with Crippen LogP contribution in [0.15, 0.2) is 24.3 Å². The molecule has 2 heterocycles. The van der Waals surface area contributed by atoms with Gasteiger partial charge in [0, 0.05) is 25.7 Å². The molecule has 1 aromatic carbocycles. The molecule has 3 rings (SSSR count). The molecule has 0 radical (unpaired) electrons. The van der Waals surface area contributed by atoms with Gasteiger partial charge in [-0.25, -0.2) is 0 Å². The SMILES string of the molecule is COc1cccc(C(CN)N2CC3CCC(C2)O3)c1. The van der Waals surface area contributed by atoms with Crippen LogP contribution in [0.3, 0.4) is 0 Å². The van der Waals surface area contributed by atoms with Gasteiger partial charge in [-0.3, -0.25) is 4.90 Å². The Morgan fingerprint density at radius 1 is 1.37 bits per heavy atom. The number of nitrogens with zero attached hydrogens (tertiary/aromatic N) is 1. The first kappa shape index (κ1) is 12.9. The van der Waals surface area contributed by atoms with E-state index in [1.165, 1.54) is 18.4 Å². The summed E-state index contributed by atoms with van der Waals surface area (Å²) in [5.41, 5.74) is 7.25. The molecule has 0 saturated carbocycles. The molecular weight excluding hydrogens is 240 g/mol. The number of morpholine rings is 1. The number of hydrogen-bond donors (Lipinski definition) is 1. The van der Waals surface area contributed by atoms with Gasteiger partial charge in [0.2, 0.25) is 0 Å². The van der Waals surface area contributed by atoms with Crippen molar-refractivity contribution in [3.63, 3.8) is 0 Å². The van der Waals surface area contributed by atoms with Gasteiger partial charge < -0.3 is 15.2 Å². The second-order valence-electron chi connectivity index (χ2n) is 5.44. The average molecular weight is 262 g/mol. The minimum absolute atomic E-state index is 0.266. The maximum atomic E-state index is 6.02. The van der Waals surface area contributed by atoms with Crippen LogP contribution in [0.25, 0.3) is 0 Å². The van der Waals surface area contributed by atoms with Crippen LogP contribution in [0.5, 0.6) is 5.75 Å². The molecule has 1 aromatic rings. The summed E-state index contributed by atoms with van der Waals surface area (Å²) in [6.07, 6.45) is 3.18. The lowest BCUT2D eigenvalue weighted by molar-refractivity contribution is -0.0521. The first-order chi connectivity index (χ1) is 9.30. The van der Waals surface area contributed by atoms with E-state index in [2.05, 4.69) is 17.0 Å². The zero-order valence-electron chi connectivity index (χ0n) is 11.4. The zero-order valence-corrected chi connectivity index (χ0v) is 11.4. The Labute approximate surface area is 114 Å². The first-order valence-electron chi connectivity index (χ1n) is 7.03.